The highest BCUT2D eigenvalue weighted by atomic mass is 32.2. The van der Waals surface area contributed by atoms with Crippen LogP contribution in [0, 0.1) is 5.92 Å². The van der Waals surface area contributed by atoms with E-state index in [9.17, 15) is 4.79 Å². The average molecular weight is 241 g/mol. The van der Waals surface area contributed by atoms with Crippen LogP contribution in [0.4, 0.5) is 0 Å². The lowest BCUT2D eigenvalue weighted by Crippen LogP contribution is -2.45. The fourth-order valence-electron chi connectivity index (χ4n) is 2.83. The van der Waals surface area contributed by atoms with E-state index in [1.807, 2.05) is 0 Å². The largest absolute Gasteiger partial charge is 0.299 e. The second-order valence-corrected chi connectivity index (χ2v) is 6.68. The van der Waals surface area contributed by atoms with Gasteiger partial charge < -0.3 is 0 Å². The molecule has 1 aliphatic carbocycles. The Kier molecular flexibility index (Phi) is 4.31. The molecule has 1 aliphatic heterocycles. The summed E-state index contributed by atoms with van der Waals surface area (Å²) in [6, 6.07) is 0.676. The van der Waals surface area contributed by atoms with Crippen molar-refractivity contribution in [2.75, 3.05) is 18.8 Å². The number of rotatable bonds is 3. The summed E-state index contributed by atoms with van der Waals surface area (Å²) in [7, 11) is 0. The molecule has 0 aromatic carbocycles. The number of hydrogen-bond acceptors (Lipinski definition) is 3. The van der Waals surface area contributed by atoms with Crippen LogP contribution >= 0.6 is 11.8 Å². The number of nitrogens with zero attached hydrogens (tertiary/aromatic N) is 1. The van der Waals surface area contributed by atoms with E-state index in [0.717, 1.165) is 37.5 Å². The Hall–Kier alpha value is -0.0200. The van der Waals surface area contributed by atoms with Crippen LogP contribution in [0.25, 0.3) is 0 Å². The van der Waals surface area contributed by atoms with Gasteiger partial charge in [-0.3, -0.25) is 9.69 Å². The molecule has 3 heteroatoms. The summed E-state index contributed by atoms with van der Waals surface area (Å²) in [6.07, 6.45) is 4.21. The first kappa shape index (κ1) is 12.4. The molecule has 3 unspecified atom stereocenters. The van der Waals surface area contributed by atoms with Crippen molar-refractivity contribution in [2.24, 2.45) is 5.92 Å². The van der Waals surface area contributed by atoms with Gasteiger partial charge in [0.25, 0.3) is 0 Å². The highest BCUT2D eigenvalue weighted by molar-refractivity contribution is 8.00. The van der Waals surface area contributed by atoms with Crippen LogP contribution < -0.4 is 0 Å². The average Bonchev–Trinajstić information content (AvgIpc) is 2.67. The normalized spacial score (nSPS) is 36.9. The monoisotopic (exact) mass is 241 g/mol. The van der Waals surface area contributed by atoms with Gasteiger partial charge in [0.05, 0.1) is 0 Å². The maximum atomic E-state index is 11.6. The third-order valence-electron chi connectivity index (χ3n) is 4.21. The molecule has 1 saturated carbocycles. The minimum absolute atomic E-state index is 0.386. The smallest absolute Gasteiger partial charge is 0.136 e. The molecule has 2 rings (SSSR count). The maximum absolute atomic E-state index is 11.6. The van der Waals surface area contributed by atoms with Gasteiger partial charge in [-0.25, -0.2) is 0 Å². The molecule has 0 aromatic heterocycles. The van der Waals surface area contributed by atoms with Crippen molar-refractivity contribution < 1.29 is 4.79 Å². The molecular formula is C13H23NOS. The van der Waals surface area contributed by atoms with Gasteiger partial charge in [-0.15, -0.1) is 0 Å². The predicted molar refractivity (Wildman–Crippen MR) is 69.9 cm³/mol. The predicted octanol–water partition coefficient (Wildman–Crippen LogP) is 2.57. The number of hydrogen-bond donors (Lipinski definition) is 0. The van der Waals surface area contributed by atoms with Crippen molar-refractivity contribution in [1.29, 1.82) is 0 Å². The van der Waals surface area contributed by atoms with Crippen LogP contribution in [0.15, 0.2) is 0 Å². The molecule has 16 heavy (non-hydrogen) atoms. The van der Waals surface area contributed by atoms with E-state index >= 15 is 0 Å². The van der Waals surface area contributed by atoms with Gasteiger partial charge in [0.1, 0.15) is 5.78 Å². The molecule has 0 radical (unpaired) electrons. The molecule has 2 aliphatic rings. The number of carbonyl (C=O) groups excluding carboxylic acids is 1. The minimum Gasteiger partial charge on any atom is -0.299 e. The van der Waals surface area contributed by atoms with Crippen molar-refractivity contribution in [3.63, 3.8) is 0 Å². The SMILES string of the molecule is CC1SCCN(CCC2CCCC2=O)C1C. The number of thioether (sulfide) groups is 1. The highest BCUT2D eigenvalue weighted by Crippen LogP contribution is 2.28. The van der Waals surface area contributed by atoms with Crippen molar-refractivity contribution in [3.8, 4) is 0 Å². The number of Topliss-reactive ketones (excluding diaryl/α,β-unsaturated/α-hetero) is 1. The summed E-state index contributed by atoms with van der Waals surface area (Å²) in [5, 5.41) is 0.744. The number of ketones is 1. The standard InChI is InChI=1S/C13H23NOS/c1-10-11(2)16-9-8-14(10)7-6-12-4-3-5-13(12)15/h10-12H,3-9H2,1-2H3. The van der Waals surface area contributed by atoms with E-state index in [4.69, 9.17) is 0 Å². The molecule has 3 atom stereocenters. The Bertz CT molecular complexity index is 256. The van der Waals surface area contributed by atoms with Gasteiger partial charge in [-0.2, -0.15) is 11.8 Å². The first-order valence-corrected chi connectivity index (χ1v) is 7.61. The zero-order chi connectivity index (χ0) is 11.5. The fraction of sp³-hybridized carbons (Fsp3) is 0.923. The minimum atomic E-state index is 0.386. The van der Waals surface area contributed by atoms with Gasteiger partial charge in [0, 0.05) is 35.9 Å². The van der Waals surface area contributed by atoms with E-state index in [1.165, 1.54) is 12.3 Å². The lowest BCUT2D eigenvalue weighted by atomic mass is 10.0. The quantitative estimate of drug-likeness (QED) is 0.757. The van der Waals surface area contributed by atoms with E-state index in [-0.39, 0.29) is 0 Å². The molecule has 0 aromatic rings. The van der Waals surface area contributed by atoms with E-state index in [1.54, 1.807) is 0 Å². The zero-order valence-corrected chi connectivity index (χ0v) is 11.3. The topological polar surface area (TPSA) is 20.3 Å². The van der Waals surface area contributed by atoms with Crippen LogP contribution in [-0.2, 0) is 4.79 Å². The summed E-state index contributed by atoms with van der Waals surface area (Å²) in [4.78, 5) is 14.1. The Morgan fingerprint density at radius 2 is 2.25 bits per heavy atom. The maximum Gasteiger partial charge on any atom is 0.136 e. The molecule has 1 heterocycles. The molecule has 0 spiro atoms. The van der Waals surface area contributed by atoms with Crippen LogP contribution in [0.5, 0.6) is 0 Å². The third kappa shape index (κ3) is 2.80. The second-order valence-electron chi connectivity index (χ2n) is 5.20. The summed E-state index contributed by atoms with van der Waals surface area (Å²) < 4.78 is 0. The summed E-state index contributed by atoms with van der Waals surface area (Å²) in [6.45, 7) is 6.98. The second kappa shape index (κ2) is 5.54. The van der Waals surface area contributed by atoms with E-state index in [2.05, 4.69) is 30.5 Å². The molecule has 92 valence electrons. The Morgan fingerprint density at radius 3 is 2.94 bits per heavy atom. The van der Waals surface area contributed by atoms with Crippen LogP contribution in [0.3, 0.4) is 0 Å². The van der Waals surface area contributed by atoms with Crippen LogP contribution in [-0.4, -0.2) is 40.8 Å². The molecular weight excluding hydrogens is 218 g/mol. The summed E-state index contributed by atoms with van der Waals surface area (Å²) in [5.74, 6) is 2.16. The molecule has 0 bridgehead atoms. The van der Waals surface area contributed by atoms with Crippen molar-refractivity contribution in [2.45, 2.75) is 50.8 Å². The highest BCUT2D eigenvalue weighted by Gasteiger charge is 2.28. The molecule has 2 nitrogen and oxygen atoms in total. The van der Waals surface area contributed by atoms with E-state index in [0.29, 0.717) is 17.7 Å². The van der Waals surface area contributed by atoms with Gasteiger partial charge >= 0.3 is 0 Å². The van der Waals surface area contributed by atoms with Crippen molar-refractivity contribution in [3.05, 3.63) is 0 Å². The fourth-order valence-corrected chi connectivity index (χ4v) is 3.99. The lowest BCUT2D eigenvalue weighted by Gasteiger charge is -2.37. The molecule has 0 amide bonds. The Balaban J connectivity index is 1.78. The van der Waals surface area contributed by atoms with Gasteiger partial charge in [-0.05, 0) is 32.7 Å². The summed E-state index contributed by atoms with van der Waals surface area (Å²) in [5.41, 5.74) is 0. The molecule has 1 saturated heterocycles. The van der Waals surface area contributed by atoms with Crippen LogP contribution in [0.2, 0.25) is 0 Å². The van der Waals surface area contributed by atoms with Gasteiger partial charge in [0.15, 0.2) is 0 Å². The molecule has 2 fully saturated rings. The van der Waals surface area contributed by atoms with Gasteiger partial charge in [0.2, 0.25) is 0 Å². The lowest BCUT2D eigenvalue weighted by molar-refractivity contribution is -0.120. The first-order chi connectivity index (χ1) is 7.68. The molecule has 0 N–H and O–H groups in total. The third-order valence-corrected chi connectivity index (χ3v) is 5.55. The van der Waals surface area contributed by atoms with Crippen molar-refractivity contribution >= 4 is 17.5 Å². The van der Waals surface area contributed by atoms with Gasteiger partial charge in [-0.1, -0.05) is 6.92 Å². The Labute approximate surface area is 103 Å². The van der Waals surface area contributed by atoms with E-state index < -0.39 is 0 Å². The van der Waals surface area contributed by atoms with Crippen LogP contribution in [0.1, 0.15) is 39.5 Å². The number of carbonyl (C=O) groups is 1. The first-order valence-electron chi connectivity index (χ1n) is 6.57. The zero-order valence-electron chi connectivity index (χ0n) is 10.4. The Morgan fingerprint density at radius 1 is 1.44 bits per heavy atom. The van der Waals surface area contributed by atoms with Crippen molar-refractivity contribution in [1.82, 2.24) is 4.90 Å². The summed E-state index contributed by atoms with van der Waals surface area (Å²) >= 11 is 2.08.